The van der Waals surface area contributed by atoms with Crippen molar-refractivity contribution in [3.8, 4) is 0 Å². The molecule has 5 heteroatoms. The van der Waals surface area contributed by atoms with E-state index in [9.17, 15) is 9.59 Å². The second kappa shape index (κ2) is 7.27. The smallest absolute Gasteiger partial charge is 0.239 e. The highest BCUT2D eigenvalue weighted by Crippen LogP contribution is 2.22. The molecule has 1 atom stereocenters. The highest BCUT2D eigenvalue weighted by Gasteiger charge is 2.34. The largest absolute Gasteiger partial charge is 0.358 e. The van der Waals surface area contributed by atoms with Gasteiger partial charge in [0.05, 0.1) is 12.0 Å². The molecule has 100 valence electrons. The van der Waals surface area contributed by atoms with Crippen molar-refractivity contribution in [2.24, 2.45) is 11.1 Å². The zero-order valence-corrected chi connectivity index (χ0v) is 11.4. The lowest BCUT2D eigenvalue weighted by molar-refractivity contribution is -0.144. The molecule has 0 saturated heterocycles. The molecule has 0 aliphatic carbocycles. The Kier molecular flexibility index (Phi) is 6.80. The fourth-order valence-corrected chi connectivity index (χ4v) is 1.54. The van der Waals surface area contributed by atoms with E-state index in [1.165, 1.54) is 0 Å². The van der Waals surface area contributed by atoms with E-state index in [-0.39, 0.29) is 18.4 Å². The number of likely N-dealkylation sites (N-methyl/N-ethyl adjacent to an activating group) is 1. The Morgan fingerprint density at radius 2 is 1.94 bits per heavy atom. The van der Waals surface area contributed by atoms with Crippen molar-refractivity contribution in [3.05, 3.63) is 0 Å². The van der Waals surface area contributed by atoms with Crippen LogP contribution in [-0.4, -0.2) is 43.4 Å². The standard InChI is InChI=1S/C12H25N3O2/c1-5-7-15(8-10(16)14-4)11(17)12(3,6-2)9-13/h5-9,13H2,1-4H3,(H,14,16). The molecule has 2 amide bonds. The molecule has 0 aromatic rings. The van der Waals surface area contributed by atoms with Crippen LogP contribution in [0.1, 0.15) is 33.6 Å². The van der Waals surface area contributed by atoms with Gasteiger partial charge in [0, 0.05) is 20.1 Å². The molecule has 5 nitrogen and oxygen atoms in total. The van der Waals surface area contributed by atoms with Crippen molar-refractivity contribution in [3.63, 3.8) is 0 Å². The molecule has 0 fully saturated rings. The molecule has 0 saturated carbocycles. The number of rotatable bonds is 7. The van der Waals surface area contributed by atoms with E-state index in [0.29, 0.717) is 19.5 Å². The predicted molar refractivity (Wildman–Crippen MR) is 68.4 cm³/mol. The van der Waals surface area contributed by atoms with Crippen LogP contribution in [0.5, 0.6) is 0 Å². The average molecular weight is 243 g/mol. The van der Waals surface area contributed by atoms with Gasteiger partial charge in [0.1, 0.15) is 0 Å². The minimum absolute atomic E-state index is 0.0343. The van der Waals surface area contributed by atoms with Crippen molar-refractivity contribution < 1.29 is 9.59 Å². The Morgan fingerprint density at radius 1 is 1.35 bits per heavy atom. The minimum atomic E-state index is -0.566. The first kappa shape index (κ1) is 15.9. The van der Waals surface area contributed by atoms with Gasteiger partial charge in [0.2, 0.25) is 11.8 Å². The summed E-state index contributed by atoms with van der Waals surface area (Å²) >= 11 is 0. The zero-order chi connectivity index (χ0) is 13.5. The lowest BCUT2D eigenvalue weighted by Gasteiger charge is -2.32. The molecule has 3 N–H and O–H groups in total. The second-order valence-corrected chi connectivity index (χ2v) is 4.52. The Balaban J connectivity index is 4.80. The molecule has 0 radical (unpaired) electrons. The first-order chi connectivity index (χ1) is 7.95. The number of hydrogen-bond acceptors (Lipinski definition) is 3. The van der Waals surface area contributed by atoms with Gasteiger partial charge in [-0.05, 0) is 19.8 Å². The molecule has 0 aliphatic rings. The number of hydrogen-bond donors (Lipinski definition) is 2. The molecule has 0 rings (SSSR count). The number of nitrogens with two attached hydrogens (primary N) is 1. The highest BCUT2D eigenvalue weighted by atomic mass is 16.2. The average Bonchev–Trinajstić information content (AvgIpc) is 2.36. The minimum Gasteiger partial charge on any atom is -0.358 e. The third kappa shape index (κ3) is 4.34. The molecule has 0 heterocycles. The summed E-state index contributed by atoms with van der Waals surface area (Å²) in [5.74, 6) is -0.185. The monoisotopic (exact) mass is 243 g/mol. The normalized spacial score (nSPS) is 13.9. The molecule has 0 spiro atoms. The van der Waals surface area contributed by atoms with Crippen molar-refractivity contribution in [2.45, 2.75) is 33.6 Å². The first-order valence-corrected chi connectivity index (χ1v) is 6.15. The molecule has 0 aromatic carbocycles. The van der Waals surface area contributed by atoms with E-state index in [0.717, 1.165) is 6.42 Å². The van der Waals surface area contributed by atoms with Crippen LogP contribution >= 0.6 is 0 Å². The van der Waals surface area contributed by atoms with E-state index in [1.54, 1.807) is 11.9 Å². The van der Waals surface area contributed by atoms with Gasteiger partial charge in [0.15, 0.2) is 0 Å². The summed E-state index contributed by atoms with van der Waals surface area (Å²) in [5.41, 5.74) is 5.10. The molecular weight excluding hydrogens is 218 g/mol. The second-order valence-electron chi connectivity index (χ2n) is 4.52. The van der Waals surface area contributed by atoms with Crippen LogP contribution in [0.4, 0.5) is 0 Å². The van der Waals surface area contributed by atoms with Gasteiger partial charge in [-0.25, -0.2) is 0 Å². The third-order valence-electron chi connectivity index (χ3n) is 3.14. The molecular formula is C12H25N3O2. The summed E-state index contributed by atoms with van der Waals surface area (Å²) < 4.78 is 0. The molecule has 0 aromatic heterocycles. The topological polar surface area (TPSA) is 75.4 Å². The number of nitrogens with zero attached hydrogens (tertiary/aromatic N) is 1. The van der Waals surface area contributed by atoms with Gasteiger partial charge in [-0.1, -0.05) is 13.8 Å². The fourth-order valence-electron chi connectivity index (χ4n) is 1.54. The summed E-state index contributed by atoms with van der Waals surface area (Å²) in [5, 5.41) is 2.53. The SMILES string of the molecule is CCCN(CC(=O)NC)C(=O)C(C)(CC)CN. The highest BCUT2D eigenvalue weighted by molar-refractivity contribution is 5.87. The van der Waals surface area contributed by atoms with Gasteiger partial charge in [-0.2, -0.15) is 0 Å². The van der Waals surface area contributed by atoms with Crippen LogP contribution in [0, 0.1) is 5.41 Å². The summed E-state index contributed by atoms with van der Waals surface area (Å²) in [7, 11) is 1.57. The molecule has 0 bridgehead atoms. The van der Waals surface area contributed by atoms with E-state index >= 15 is 0 Å². The molecule has 0 aliphatic heterocycles. The Morgan fingerprint density at radius 3 is 2.29 bits per heavy atom. The van der Waals surface area contributed by atoms with Gasteiger partial charge in [-0.3, -0.25) is 9.59 Å². The maximum Gasteiger partial charge on any atom is 0.239 e. The fraction of sp³-hybridized carbons (Fsp3) is 0.833. The Hall–Kier alpha value is -1.10. The number of amides is 2. The van der Waals surface area contributed by atoms with Crippen molar-refractivity contribution >= 4 is 11.8 Å². The van der Waals surface area contributed by atoms with E-state index < -0.39 is 5.41 Å². The lowest BCUT2D eigenvalue weighted by atomic mass is 9.86. The van der Waals surface area contributed by atoms with E-state index in [4.69, 9.17) is 5.73 Å². The van der Waals surface area contributed by atoms with E-state index in [1.807, 2.05) is 20.8 Å². The summed E-state index contributed by atoms with van der Waals surface area (Å²) in [6, 6.07) is 0. The number of carbonyl (C=O) groups is 2. The van der Waals surface area contributed by atoms with Crippen molar-refractivity contribution in [1.82, 2.24) is 10.2 Å². The van der Waals surface area contributed by atoms with Gasteiger partial charge in [0.25, 0.3) is 0 Å². The van der Waals surface area contributed by atoms with Gasteiger partial charge < -0.3 is 16.0 Å². The van der Waals surface area contributed by atoms with E-state index in [2.05, 4.69) is 5.32 Å². The maximum atomic E-state index is 12.3. The summed E-state index contributed by atoms with van der Waals surface area (Å²) in [4.78, 5) is 25.3. The van der Waals surface area contributed by atoms with Gasteiger partial charge >= 0.3 is 0 Å². The lowest BCUT2D eigenvalue weighted by Crippen LogP contribution is -2.49. The summed E-state index contributed by atoms with van der Waals surface area (Å²) in [6.07, 6.45) is 1.50. The Bertz CT molecular complexity index is 262. The summed E-state index contributed by atoms with van der Waals surface area (Å²) in [6.45, 7) is 6.77. The molecule has 1 unspecified atom stereocenters. The van der Waals surface area contributed by atoms with Crippen molar-refractivity contribution in [2.75, 3.05) is 26.7 Å². The molecule has 17 heavy (non-hydrogen) atoms. The zero-order valence-electron chi connectivity index (χ0n) is 11.4. The predicted octanol–water partition coefficient (Wildman–Crippen LogP) is 0.346. The van der Waals surface area contributed by atoms with Crippen LogP contribution in [0.3, 0.4) is 0 Å². The third-order valence-corrected chi connectivity index (χ3v) is 3.14. The number of carbonyl (C=O) groups excluding carboxylic acids is 2. The van der Waals surface area contributed by atoms with Crippen LogP contribution in [0.15, 0.2) is 0 Å². The van der Waals surface area contributed by atoms with Crippen LogP contribution in [0.2, 0.25) is 0 Å². The van der Waals surface area contributed by atoms with Crippen LogP contribution in [-0.2, 0) is 9.59 Å². The van der Waals surface area contributed by atoms with Crippen LogP contribution < -0.4 is 11.1 Å². The van der Waals surface area contributed by atoms with Crippen LogP contribution in [0.25, 0.3) is 0 Å². The van der Waals surface area contributed by atoms with Crippen molar-refractivity contribution in [1.29, 1.82) is 0 Å². The number of nitrogens with one attached hydrogen (secondary N) is 1. The Labute approximate surface area is 104 Å². The maximum absolute atomic E-state index is 12.3. The first-order valence-electron chi connectivity index (χ1n) is 6.15. The quantitative estimate of drug-likeness (QED) is 0.677. The van der Waals surface area contributed by atoms with Gasteiger partial charge in [-0.15, -0.1) is 0 Å².